The van der Waals surface area contributed by atoms with Crippen LogP contribution in [0.4, 0.5) is 10.1 Å². The van der Waals surface area contributed by atoms with E-state index in [1.54, 1.807) is 12.1 Å². The Hall–Kier alpha value is -2.09. The van der Waals surface area contributed by atoms with Crippen LogP contribution in [0.3, 0.4) is 0 Å². The Morgan fingerprint density at radius 1 is 1.04 bits per heavy atom. The normalized spacial score (nSPS) is 25.0. The van der Waals surface area contributed by atoms with Crippen LogP contribution in [-0.2, 0) is 0 Å². The van der Waals surface area contributed by atoms with Gasteiger partial charge in [-0.05, 0) is 73.6 Å². The van der Waals surface area contributed by atoms with Crippen LogP contribution in [0.25, 0.3) is 0 Å². The van der Waals surface area contributed by atoms with Crippen molar-refractivity contribution >= 4 is 5.69 Å². The van der Waals surface area contributed by atoms with E-state index in [-0.39, 0.29) is 11.9 Å². The summed E-state index contributed by atoms with van der Waals surface area (Å²) in [6.45, 7) is 6.55. The maximum absolute atomic E-state index is 13.7. The minimum absolute atomic E-state index is 0.147. The molecule has 1 heterocycles. The fourth-order valence-electron chi connectivity index (χ4n) is 4.53. The van der Waals surface area contributed by atoms with Gasteiger partial charge in [-0.1, -0.05) is 29.8 Å². The highest BCUT2D eigenvalue weighted by molar-refractivity contribution is 5.61. The molecule has 0 amide bonds. The summed E-state index contributed by atoms with van der Waals surface area (Å²) >= 11 is 0. The van der Waals surface area contributed by atoms with E-state index in [2.05, 4.69) is 50.4 Å². The number of nitrogens with one attached hydrogen (secondary N) is 1. The Labute approximate surface area is 137 Å². The smallest absolute Gasteiger partial charge is 0.123 e. The summed E-state index contributed by atoms with van der Waals surface area (Å²) in [5.41, 5.74) is 7.57. The highest BCUT2D eigenvalue weighted by Crippen LogP contribution is 2.50. The molecule has 2 aromatic rings. The van der Waals surface area contributed by atoms with Crippen LogP contribution >= 0.6 is 0 Å². The molecule has 0 radical (unpaired) electrons. The van der Waals surface area contributed by atoms with Gasteiger partial charge in [0, 0.05) is 11.6 Å². The van der Waals surface area contributed by atoms with Crippen molar-refractivity contribution in [1.29, 1.82) is 0 Å². The fourth-order valence-corrected chi connectivity index (χ4v) is 4.53. The number of benzene rings is 2. The summed E-state index contributed by atoms with van der Waals surface area (Å²) in [6.07, 6.45) is 5.56. The summed E-state index contributed by atoms with van der Waals surface area (Å²) in [6, 6.07) is 9.95. The lowest BCUT2D eigenvalue weighted by Crippen LogP contribution is -2.30. The molecule has 3 atom stereocenters. The second-order valence-electron chi connectivity index (χ2n) is 7.02. The number of aryl methyl sites for hydroxylation is 3. The van der Waals surface area contributed by atoms with Crippen LogP contribution in [-0.4, -0.2) is 0 Å². The van der Waals surface area contributed by atoms with Gasteiger partial charge in [-0.15, -0.1) is 0 Å². The molecule has 2 heteroatoms. The molecule has 1 nitrogen and oxygen atoms in total. The Balaban J connectivity index is 1.84. The van der Waals surface area contributed by atoms with Gasteiger partial charge in [-0.3, -0.25) is 0 Å². The predicted molar refractivity (Wildman–Crippen MR) is 93.4 cm³/mol. The number of hydrogen-bond acceptors (Lipinski definition) is 1. The lowest BCUT2D eigenvalue weighted by molar-refractivity contribution is 0.421. The van der Waals surface area contributed by atoms with E-state index in [9.17, 15) is 4.39 Å². The largest absolute Gasteiger partial charge is 0.378 e. The van der Waals surface area contributed by atoms with E-state index in [1.165, 1.54) is 22.3 Å². The molecular formula is C21H22FN. The van der Waals surface area contributed by atoms with Gasteiger partial charge in [0.2, 0.25) is 0 Å². The number of anilines is 1. The van der Waals surface area contributed by atoms with Gasteiger partial charge in [0.25, 0.3) is 0 Å². The van der Waals surface area contributed by atoms with Crippen molar-refractivity contribution in [1.82, 2.24) is 0 Å². The number of hydrogen-bond donors (Lipinski definition) is 1. The van der Waals surface area contributed by atoms with E-state index in [0.29, 0.717) is 11.8 Å². The van der Waals surface area contributed by atoms with Crippen molar-refractivity contribution in [2.45, 2.75) is 39.2 Å². The van der Waals surface area contributed by atoms with Gasteiger partial charge in [-0.2, -0.15) is 0 Å². The summed E-state index contributed by atoms with van der Waals surface area (Å²) < 4.78 is 13.7. The first-order valence-electron chi connectivity index (χ1n) is 8.35. The fraction of sp³-hybridized carbons (Fsp3) is 0.333. The van der Waals surface area contributed by atoms with Crippen LogP contribution in [0.15, 0.2) is 42.5 Å². The molecular weight excluding hydrogens is 285 g/mol. The van der Waals surface area contributed by atoms with Gasteiger partial charge >= 0.3 is 0 Å². The van der Waals surface area contributed by atoms with Crippen molar-refractivity contribution in [2.24, 2.45) is 5.92 Å². The molecule has 1 N–H and O–H groups in total. The maximum Gasteiger partial charge on any atom is 0.123 e. The summed E-state index contributed by atoms with van der Waals surface area (Å²) in [5, 5.41) is 3.71. The standard InChI is InChI=1S/C21H22FN/c1-12-9-13(2)20(14(3)10-12)21-17-6-4-5-16(17)18-11-15(22)7-8-19(18)23-21/h4-5,7-11,16-17,21,23H,6H2,1-3H3. The van der Waals surface area contributed by atoms with Crippen molar-refractivity contribution in [3.05, 3.63) is 76.1 Å². The molecule has 2 aliphatic rings. The monoisotopic (exact) mass is 307 g/mol. The molecule has 0 bridgehead atoms. The quantitative estimate of drug-likeness (QED) is 0.678. The van der Waals surface area contributed by atoms with Crippen LogP contribution in [0.5, 0.6) is 0 Å². The first-order valence-corrected chi connectivity index (χ1v) is 8.35. The minimum Gasteiger partial charge on any atom is -0.378 e. The van der Waals surface area contributed by atoms with Crippen molar-refractivity contribution < 1.29 is 4.39 Å². The first-order chi connectivity index (χ1) is 11.0. The van der Waals surface area contributed by atoms with E-state index in [0.717, 1.165) is 17.7 Å². The van der Waals surface area contributed by atoms with Crippen molar-refractivity contribution in [2.75, 3.05) is 5.32 Å². The lowest BCUT2D eigenvalue weighted by atomic mass is 9.75. The topological polar surface area (TPSA) is 12.0 Å². The zero-order valence-corrected chi connectivity index (χ0v) is 13.9. The zero-order chi connectivity index (χ0) is 16.1. The van der Waals surface area contributed by atoms with Gasteiger partial charge in [-0.25, -0.2) is 4.39 Å². The van der Waals surface area contributed by atoms with Gasteiger partial charge < -0.3 is 5.32 Å². The molecule has 1 aliphatic carbocycles. The third-order valence-corrected chi connectivity index (χ3v) is 5.37. The van der Waals surface area contributed by atoms with Gasteiger partial charge in [0.05, 0.1) is 6.04 Å². The molecule has 118 valence electrons. The number of halogens is 1. The highest BCUT2D eigenvalue weighted by atomic mass is 19.1. The summed E-state index contributed by atoms with van der Waals surface area (Å²) in [4.78, 5) is 0. The molecule has 0 saturated carbocycles. The second kappa shape index (κ2) is 5.23. The van der Waals surface area contributed by atoms with Crippen LogP contribution in [0, 0.1) is 32.5 Å². The maximum atomic E-state index is 13.7. The van der Waals surface area contributed by atoms with Crippen LogP contribution in [0.2, 0.25) is 0 Å². The average Bonchev–Trinajstić information content (AvgIpc) is 2.96. The first kappa shape index (κ1) is 14.5. The van der Waals surface area contributed by atoms with E-state index in [4.69, 9.17) is 0 Å². The Kier molecular flexibility index (Phi) is 3.29. The third-order valence-electron chi connectivity index (χ3n) is 5.37. The molecule has 2 aromatic carbocycles. The SMILES string of the molecule is Cc1cc(C)c(C2Nc3ccc(F)cc3C3C=CCC32)c(C)c1. The molecule has 1 aliphatic heterocycles. The Morgan fingerprint density at radius 3 is 2.52 bits per heavy atom. The lowest BCUT2D eigenvalue weighted by Gasteiger charge is -2.39. The summed E-state index contributed by atoms with van der Waals surface area (Å²) in [7, 11) is 0. The third kappa shape index (κ3) is 2.28. The highest BCUT2D eigenvalue weighted by Gasteiger charge is 2.39. The van der Waals surface area contributed by atoms with Gasteiger partial charge in [0.1, 0.15) is 5.82 Å². The molecule has 0 aromatic heterocycles. The molecule has 0 spiro atoms. The van der Waals surface area contributed by atoms with E-state index >= 15 is 0 Å². The van der Waals surface area contributed by atoms with Crippen LogP contribution in [0.1, 0.15) is 46.2 Å². The molecule has 23 heavy (non-hydrogen) atoms. The van der Waals surface area contributed by atoms with E-state index in [1.807, 2.05) is 6.07 Å². The van der Waals surface area contributed by atoms with Gasteiger partial charge in [0.15, 0.2) is 0 Å². The predicted octanol–water partition coefficient (Wildman–Crippen LogP) is 5.58. The number of rotatable bonds is 1. The molecule has 4 rings (SSSR count). The molecule has 0 saturated heterocycles. The average molecular weight is 307 g/mol. The van der Waals surface area contributed by atoms with E-state index < -0.39 is 0 Å². The van der Waals surface area contributed by atoms with Crippen LogP contribution < -0.4 is 5.32 Å². The zero-order valence-electron chi connectivity index (χ0n) is 13.9. The Bertz CT molecular complexity index is 782. The number of fused-ring (bicyclic) bond motifs is 3. The summed E-state index contributed by atoms with van der Waals surface area (Å²) in [5.74, 6) is 0.627. The minimum atomic E-state index is -0.147. The Morgan fingerprint density at radius 2 is 1.78 bits per heavy atom. The number of allylic oxidation sites excluding steroid dienone is 2. The van der Waals surface area contributed by atoms with Crippen molar-refractivity contribution in [3.8, 4) is 0 Å². The molecule has 0 fully saturated rings. The molecule has 3 unspecified atom stereocenters. The second-order valence-corrected chi connectivity index (χ2v) is 7.02. The van der Waals surface area contributed by atoms with Crippen molar-refractivity contribution in [3.63, 3.8) is 0 Å².